The molecule has 0 saturated heterocycles. The summed E-state index contributed by atoms with van der Waals surface area (Å²) < 4.78 is 24.5. The van der Waals surface area contributed by atoms with Gasteiger partial charge in [-0.2, -0.15) is 10.2 Å². The molecule has 4 heterocycles. The molecule has 0 amide bonds. The molecule has 15 heteroatoms. The number of aromatic nitrogens is 5. The smallest absolute Gasteiger partial charge is 0.482 e. The van der Waals surface area contributed by atoms with Crippen LogP contribution in [0.1, 0.15) is 35.3 Å². The Morgan fingerprint density at radius 3 is 2.60 bits per heavy atom. The van der Waals surface area contributed by atoms with E-state index in [1.807, 2.05) is 20.2 Å². The molecule has 1 atom stereocenters. The fourth-order valence-electron chi connectivity index (χ4n) is 5.54. The first kappa shape index (κ1) is 31.0. The third-order valence-corrected chi connectivity index (χ3v) is 7.88. The van der Waals surface area contributed by atoms with Crippen LogP contribution in [0.4, 0.5) is 10.2 Å². The van der Waals surface area contributed by atoms with Crippen molar-refractivity contribution in [3.8, 4) is 28.3 Å². The third kappa shape index (κ3) is 6.54. The number of hydrogen-bond donors (Lipinski definition) is 3. The fourth-order valence-corrected chi connectivity index (χ4v) is 5.78. The first-order valence-corrected chi connectivity index (χ1v) is 14.5. The Morgan fingerprint density at radius 2 is 1.89 bits per heavy atom. The lowest BCUT2D eigenvalue weighted by Gasteiger charge is -2.23. The van der Waals surface area contributed by atoms with Gasteiger partial charge in [0.1, 0.15) is 11.9 Å². The summed E-state index contributed by atoms with van der Waals surface area (Å²) in [6.07, 6.45) is 3.27. The van der Waals surface area contributed by atoms with Crippen LogP contribution in [0.2, 0.25) is 10.3 Å². The molecule has 0 saturated carbocycles. The Morgan fingerprint density at radius 1 is 1.13 bits per heavy atom. The molecule has 1 aliphatic rings. The monoisotopic (exact) mass is 616 g/mol. The SMILES string of the molecule is [B]C([B])([B])Cn1nc(Cl)c2c1-c1cnc(NCc3ccc(B(O)O)cc3)c(c1)O[C@H](C)c1cc(F)ccc1-c1nn(C)cc1C2. The topological polar surface area (TPSA) is 110 Å². The molecule has 0 fully saturated rings. The maximum absolute atomic E-state index is 14.7. The summed E-state index contributed by atoms with van der Waals surface area (Å²) in [5.41, 5.74) is 5.95. The average molecular weight is 616 g/mol. The molecule has 9 nitrogen and oxygen atoms in total. The number of ether oxygens (including phenoxy) is 1. The van der Waals surface area contributed by atoms with Gasteiger partial charge in [0.05, 0.1) is 34.9 Å². The number of benzene rings is 2. The quantitative estimate of drug-likeness (QED) is 0.252. The molecule has 0 aliphatic carbocycles. The summed E-state index contributed by atoms with van der Waals surface area (Å²) in [7, 11) is 18.3. The van der Waals surface area contributed by atoms with Crippen molar-refractivity contribution < 1.29 is 19.2 Å². The Balaban J connectivity index is 1.51. The number of nitrogens with one attached hydrogen (secondary N) is 1. The van der Waals surface area contributed by atoms with E-state index >= 15 is 0 Å². The molecule has 6 rings (SSSR count). The van der Waals surface area contributed by atoms with Crippen molar-refractivity contribution in [2.75, 3.05) is 5.32 Å². The number of hydrogen-bond acceptors (Lipinski definition) is 7. The molecule has 3 aromatic heterocycles. The van der Waals surface area contributed by atoms with E-state index in [9.17, 15) is 14.4 Å². The van der Waals surface area contributed by atoms with Crippen molar-refractivity contribution in [2.45, 2.75) is 37.7 Å². The Hall–Kier alpha value is -3.99. The molecule has 220 valence electrons. The Kier molecular flexibility index (Phi) is 8.32. The molecule has 2 bridgehead atoms. The molecule has 0 unspecified atom stereocenters. The minimum atomic E-state index is -1.58. The Labute approximate surface area is 269 Å². The van der Waals surface area contributed by atoms with Crippen LogP contribution in [0.5, 0.6) is 5.75 Å². The van der Waals surface area contributed by atoms with Crippen LogP contribution in [0.25, 0.3) is 22.5 Å². The van der Waals surface area contributed by atoms with Crippen LogP contribution >= 0.6 is 11.6 Å². The van der Waals surface area contributed by atoms with Crippen LogP contribution in [0, 0.1) is 5.82 Å². The minimum absolute atomic E-state index is 0.0464. The zero-order valence-electron chi connectivity index (χ0n) is 24.6. The molecule has 1 aliphatic heterocycles. The average Bonchev–Trinajstić information content (AvgIpc) is 3.48. The molecular formula is C30H26B4ClFN6O3. The number of anilines is 1. The summed E-state index contributed by atoms with van der Waals surface area (Å²) in [4.78, 5) is 4.71. The van der Waals surface area contributed by atoms with Gasteiger partial charge in [0.2, 0.25) is 0 Å². The van der Waals surface area contributed by atoms with Crippen molar-refractivity contribution in [2.24, 2.45) is 7.05 Å². The highest BCUT2D eigenvalue weighted by atomic mass is 35.5. The largest absolute Gasteiger partial charge is 0.488 e. The fraction of sp³-hybridized carbons (Fsp3) is 0.233. The number of fused-ring (bicyclic) bond motifs is 7. The van der Waals surface area contributed by atoms with Gasteiger partial charge in [0.25, 0.3) is 0 Å². The second-order valence-corrected chi connectivity index (χ2v) is 11.6. The number of rotatable bonds is 6. The molecule has 45 heavy (non-hydrogen) atoms. The van der Waals surface area contributed by atoms with E-state index < -0.39 is 24.2 Å². The van der Waals surface area contributed by atoms with Crippen molar-refractivity contribution in [1.82, 2.24) is 24.5 Å². The van der Waals surface area contributed by atoms with Crippen molar-refractivity contribution >= 4 is 53.5 Å². The van der Waals surface area contributed by atoms with E-state index in [1.54, 1.807) is 52.0 Å². The Bertz CT molecular complexity index is 1880. The molecule has 5 aromatic rings. The minimum Gasteiger partial charge on any atom is -0.482 e. The van der Waals surface area contributed by atoms with E-state index in [0.29, 0.717) is 63.6 Å². The van der Waals surface area contributed by atoms with Crippen LogP contribution in [0.3, 0.4) is 0 Å². The maximum atomic E-state index is 14.7. The van der Waals surface area contributed by atoms with Crippen LogP contribution in [-0.2, 0) is 26.6 Å². The molecule has 0 spiro atoms. The molecule has 3 N–H and O–H groups in total. The highest BCUT2D eigenvalue weighted by Crippen LogP contribution is 2.41. The predicted octanol–water partition coefficient (Wildman–Crippen LogP) is 3.05. The lowest BCUT2D eigenvalue weighted by Crippen LogP contribution is -2.29. The van der Waals surface area contributed by atoms with Crippen molar-refractivity contribution in [3.63, 3.8) is 0 Å². The van der Waals surface area contributed by atoms with Crippen molar-refractivity contribution in [3.05, 3.63) is 94.1 Å². The molecular weight excluding hydrogens is 590 g/mol. The van der Waals surface area contributed by atoms with Gasteiger partial charge in [-0.3, -0.25) is 9.36 Å². The van der Waals surface area contributed by atoms with E-state index in [-0.39, 0.29) is 11.7 Å². The van der Waals surface area contributed by atoms with Gasteiger partial charge in [0, 0.05) is 66.8 Å². The number of halogens is 2. The van der Waals surface area contributed by atoms with Gasteiger partial charge < -0.3 is 20.1 Å². The van der Waals surface area contributed by atoms with Gasteiger partial charge in [-0.1, -0.05) is 35.9 Å². The van der Waals surface area contributed by atoms with Gasteiger partial charge in [-0.15, -0.1) is 5.11 Å². The van der Waals surface area contributed by atoms with Gasteiger partial charge in [-0.05, 0) is 42.2 Å². The molecule has 2 aromatic carbocycles. The summed E-state index contributed by atoms with van der Waals surface area (Å²) in [5, 5.41) is 30.1. The summed E-state index contributed by atoms with van der Waals surface area (Å²) in [5.74, 6) is 0.402. The summed E-state index contributed by atoms with van der Waals surface area (Å²) in [6, 6.07) is 13.2. The first-order valence-electron chi connectivity index (χ1n) is 14.2. The van der Waals surface area contributed by atoms with Crippen LogP contribution in [-0.4, -0.2) is 65.3 Å². The zero-order chi connectivity index (χ0) is 32.0. The predicted molar refractivity (Wildman–Crippen MR) is 174 cm³/mol. The molecule has 6 radical (unpaired) electrons. The second-order valence-electron chi connectivity index (χ2n) is 11.3. The normalized spacial score (nSPS) is 14.3. The van der Waals surface area contributed by atoms with Crippen LogP contribution in [0.15, 0.2) is 60.9 Å². The number of nitrogens with zero attached hydrogens (tertiary/aromatic N) is 5. The van der Waals surface area contributed by atoms with Gasteiger partial charge in [0.15, 0.2) is 16.7 Å². The number of aryl methyl sites for hydroxylation is 1. The summed E-state index contributed by atoms with van der Waals surface area (Å²) in [6.45, 7) is 2.14. The van der Waals surface area contributed by atoms with E-state index in [1.165, 1.54) is 12.1 Å². The van der Waals surface area contributed by atoms with E-state index in [0.717, 1.165) is 11.1 Å². The maximum Gasteiger partial charge on any atom is 0.488 e. The third-order valence-electron chi connectivity index (χ3n) is 7.57. The highest BCUT2D eigenvalue weighted by molar-refractivity contribution is 6.59. The standard InChI is InChI=1S/C30H26B4ClFN6O3/c1-16-23-11-21(36)7-8-22(23)26-19(14-41(2)39-26)9-24-27(42(40-28(24)35)15-30(31,32)33)18-10-25(45-16)29(38-13-18)37-12-17-3-5-20(6-4-17)34(43)44/h3-8,10-11,13-14,16,43-44H,9,12,15H2,1-2H3,(H,37,38)/t16-/m1/s1. The lowest BCUT2D eigenvalue weighted by atomic mass is 9.43. The first-order chi connectivity index (χ1) is 21.4. The second kappa shape index (κ2) is 12.1. The van der Waals surface area contributed by atoms with Crippen molar-refractivity contribution in [1.29, 1.82) is 0 Å². The summed E-state index contributed by atoms with van der Waals surface area (Å²) >= 11 is 6.77. The van der Waals surface area contributed by atoms with Gasteiger partial charge >= 0.3 is 7.12 Å². The number of pyridine rings is 1. The zero-order valence-corrected chi connectivity index (χ0v) is 25.3. The highest BCUT2D eigenvalue weighted by Gasteiger charge is 2.27. The van der Waals surface area contributed by atoms with E-state index in [2.05, 4.69) is 10.4 Å². The van der Waals surface area contributed by atoms with E-state index in [4.69, 9.17) is 50.0 Å². The lowest BCUT2D eigenvalue weighted by molar-refractivity contribution is 0.227. The van der Waals surface area contributed by atoms with Crippen LogP contribution < -0.4 is 15.5 Å². The van der Waals surface area contributed by atoms with Gasteiger partial charge in [-0.25, -0.2) is 9.37 Å².